The Balaban J connectivity index is 1.47. The van der Waals surface area contributed by atoms with Crippen LogP contribution in [0, 0.1) is 11.8 Å². The molecule has 0 aromatic carbocycles. The van der Waals surface area contributed by atoms with E-state index < -0.39 is 6.03 Å². The van der Waals surface area contributed by atoms with Crippen LogP contribution in [0.2, 0.25) is 0 Å². The Kier molecular flexibility index (Phi) is 6.39. The number of carbonyl (C=O) groups is 2. The molecule has 1 aliphatic rings. The number of aryl methyl sites for hydroxylation is 2. The number of ether oxygens (including phenoxy) is 1. The second-order valence-corrected chi connectivity index (χ2v) is 8.44. The third-order valence-electron chi connectivity index (χ3n) is 5.76. The molecule has 1 aliphatic heterocycles. The van der Waals surface area contributed by atoms with Crippen molar-refractivity contribution in [2.75, 3.05) is 11.9 Å². The molecule has 3 amide bonds. The predicted octanol–water partition coefficient (Wildman–Crippen LogP) is 4.27. The van der Waals surface area contributed by atoms with E-state index in [0.717, 1.165) is 11.3 Å². The lowest BCUT2D eigenvalue weighted by Crippen LogP contribution is -2.38. The van der Waals surface area contributed by atoms with Crippen LogP contribution in [-0.4, -0.2) is 43.1 Å². The molecule has 172 valence electrons. The zero-order valence-electron chi connectivity index (χ0n) is 19.3. The highest BCUT2D eigenvalue weighted by atomic mass is 16.5. The molecule has 9 nitrogen and oxygen atoms in total. The van der Waals surface area contributed by atoms with Crippen molar-refractivity contribution in [2.24, 2.45) is 18.9 Å². The third-order valence-corrected chi connectivity index (χ3v) is 5.76. The number of rotatable bonds is 6. The highest BCUT2D eigenvalue weighted by Crippen LogP contribution is 2.29. The van der Waals surface area contributed by atoms with Gasteiger partial charge < -0.3 is 4.74 Å². The molecule has 0 spiro atoms. The second-order valence-electron chi connectivity index (χ2n) is 8.44. The Morgan fingerprint density at radius 2 is 2.12 bits per heavy atom. The van der Waals surface area contributed by atoms with Gasteiger partial charge in [0.05, 0.1) is 17.6 Å². The first-order valence-electron chi connectivity index (χ1n) is 11.1. The van der Waals surface area contributed by atoms with E-state index in [-0.39, 0.29) is 17.7 Å². The Hall–Kier alpha value is -3.75. The van der Waals surface area contributed by atoms with Gasteiger partial charge in [-0.1, -0.05) is 20.8 Å². The van der Waals surface area contributed by atoms with Gasteiger partial charge in [-0.2, -0.15) is 5.10 Å². The highest BCUT2D eigenvalue weighted by Gasteiger charge is 2.37. The van der Waals surface area contributed by atoms with Crippen molar-refractivity contribution in [3.63, 3.8) is 0 Å². The van der Waals surface area contributed by atoms with E-state index in [4.69, 9.17) is 4.74 Å². The van der Waals surface area contributed by atoms with Crippen LogP contribution in [0.25, 0.3) is 11.3 Å². The van der Waals surface area contributed by atoms with E-state index in [0.29, 0.717) is 42.4 Å². The number of pyridine rings is 2. The van der Waals surface area contributed by atoms with E-state index >= 15 is 0 Å². The van der Waals surface area contributed by atoms with Crippen molar-refractivity contribution >= 4 is 17.8 Å². The molecule has 0 saturated carbocycles. The fourth-order valence-corrected chi connectivity index (χ4v) is 3.92. The monoisotopic (exact) mass is 448 g/mol. The lowest BCUT2D eigenvalue weighted by Gasteiger charge is -2.17. The third kappa shape index (κ3) is 4.87. The molecule has 3 aromatic rings. The van der Waals surface area contributed by atoms with Crippen molar-refractivity contribution in [1.29, 1.82) is 0 Å². The van der Waals surface area contributed by atoms with E-state index in [1.165, 1.54) is 4.90 Å². The van der Waals surface area contributed by atoms with Crippen LogP contribution in [0.1, 0.15) is 32.9 Å². The Bertz CT molecular complexity index is 1170. The van der Waals surface area contributed by atoms with Gasteiger partial charge >= 0.3 is 6.03 Å². The van der Waals surface area contributed by atoms with Gasteiger partial charge in [0.15, 0.2) is 0 Å². The van der Waals surface area contributed by atoms with Crippen LogP contribution in [-0.2, 0) is 18.3 Å². The molecule has 1 N–H and O–H groups in total. The van der Waals surface area contributed by atoms with Crippen molar-refractivity contribution in [2.45, 2.75) is 33.6 Å². The van der Waals surface area contributed by atoms with E-state index in [9.17, 15) is 9.59 Å². The molecule has 4 heterocycles. The maximum Gasteiger partial charge on any atom is 0.329 e. The molecule has 1 fully saturated rings. The number of urea groups is 1. The zero-order valence-corrected chi connectivity index (χ0v) is 19.3. The van der Waals surface area contributed by atoms with E-state index in [2.05, 4.69) is 20.4 Å². The van der Waals surface area contributed by atoms with Crippen LogP contribution in [0.5, 0.6) is 11.5 Å². The molecule has 0 radical (unpaired) electrons. The molecule has 3 aromatic heterocycles. The van der Waals surface area contributed by atoms with Crippen molar-refractivity contribution in [3.05, 3.63) is 48.5 Å². The number of aromatic nitrogens is 4. The standard InChI is InChI=1S/C24H28N6O3/c1-5-19-21(33-17-8-10-25-20(12-17)16-13-26-29(4)14-16)6-7-22(27-19)28-24(32)30-11-9-18(15(2)3)23(30)31/h6-8,10,12-15,18H,5,9,11H2,1-4H3,(H,27,28,32). The minimum atomic E-state index is -0.443. The van der Waals surface area contributed by atoms with Gasteiger partial charge in [-0.15, -0.1) is 0 Å². The summed E-state index contributed by atoms with van der Waals surface area (Å²) < 4.78 is 7.80. The number of amides is 3. The lowest BCUT2D eigenvalue weighted by molar-refractivity contribution is -0.129. The number of nitrogens with zero attached hydrogens (tertiary/aromatic N) is 5. The Morgan fingerprint density at radius 1 is 1.30 bits per heavy atom. The summed E-state index contributed by atoms with van der Waals surface area (Å²) in [5, 5.41) is 6.93. The smallest absolute Gasteiger partial charge is 0.329 e. The van der Waals surface area contributed by atoms with Gasteiger partial charge in [0.1, 0.15) is 17.3 Å². The molecule has 0 bridgehead atoms. The maximum absolute atomic E-state index is 12.7. The normalized spacial score (nSPS) is 15.8. The van der Waals surface area contributed by atoms with Crippen molar-refractivity contribution in [3.8, 4) is 22.8 Å². The quantitative estimate of drug-likeness (QED) is 0.604. The summed E-state index contributed by atoms with van der Waals surface area (Å²) >= 11 is 0. The molecule has 0 aliphatic carbocycles. The van der Waals surface area contributed by atoms with Crippen LogP contribution < -0.4 is 10.1 Å². The summed E-state index contributed by atoms with van der Waals surface area (Å²) in [7, 11) is 1.85. The molecule has 33 heavy (non-hydrogen) atoms. The number of hydrogen-bond donors (Lipinski definition) is 1. The van der Waals surface area contributed by atoms with Crippen LogP contribution in [0.3, 0.4) is 0 Å². The zero-order chi connectivity index (χ0) is 23.5. The first kappa shape index (κ1) is 22.4. The average molecular weight is 449 g/mol. The van der Waals surface area contributed by atoms with E-state index in [1.54, 1.807) is 35.3 Å². The lowest BCUT2D eigenvalue weighted by atomic mass is 9.95. The first-order chi connectivity index (χ1) is 15.9. The fraction of sp³-hybridized carbons (Fsp3) is 0.375. The number of nitrogens with one attached hydrogen (secondary N) is 1. The molecule has 4 rings (SSSR count). The average Bonchev–Trinajstić information content (AvgIpc) is 3.40. The number of imide groups is 1. The number of carbonyl (C=O) groups excluding carboxylic acids is 2. The van der Waals surface area contributed by atoms with Crippen LogP contribution in [0.15, 0.2) is 42.9 Å². The largest absolute Gasteiger partial charge is 0.455 e. The Morgan fingerprint density at radius 3 is 2.79 bits per heavy atom. The molecule has 1 atom stereocenters. The fourth-order valence-electron chi connectivity index (χ4n) is 3.92. The molecule has 9 heteroatoms. The summed E-state index contributed by atoms with van der Waals surface area (Å²) in [6, 6.07) is 6.63. The molecular formula is C24H28N6O3. The van der Waals surface area contributed by atoms with Gasteiger partial charge in [-0.05, 0) is 37.0 Å². The summed E-state index contributed by atoms with van der Waals surface area (Å²) in [5.74, 6) is 1.58. The van der Waals surface area contributed by atoms with Gasteiger partial charge in [0.2, 0.25) is 5.91 Å². The van der Waals surface area contributed by atoms with Gasteiger partial charge in [0.25, 0.3) is 0 Å². The maximum atomic E-state index is 12.7. The Labute approximate surface area is 192 Å². The number of hydrogen-bond acceptors (Lipinski definition) is 6. The second kappa shape index (κ2) is 9.40. The minimum Gasteiger partial charge on any atom is -0.455 e. The van der Waals surface area contributed by atoms with Gasteiger partial charge in [0, 0.05) is 43.5 Å². The van der Waals surface area contributed by atoms with Crippen LogP contribution >= 0.6 is 0 Å². The molecule has 1 unspecified atom stereocenters. The summed E-state index contributed by atoms with van der Waals surface area (Å²) in [4.78, 5) is 35.4. The van der Waals surface area contributed by atoms with Crippen molar-refractivity contribution < 1.29 is 14.3 Å². The molecule has 1 saturated heterocycles. The highest BCUT2D eigenvalue weighted by molar-refractivity contribution is 6.02. The van der Waals surface area contributed by atoms with Gasteiger partial charge in [-0.25, -0.2) is 9.78 Å². The van der Waals surface area contributed by atoms with Crippen LogP contribution in [0.4, 0.5) is 10.6 Å². The SMILES string of the molecule is CCc1nc(NC(=O)N2CCC(C(C)C)C2=O)ccc1Oc1ccnc(-c2cnn(C)c2)c1. The number of anilines is 1. The number of likely N-dealkylation sites (tertiary alicyclic amines) is 1. The summed E-state index contributed by atoms with van der Waals surface area (Å²) in [6.07, 6.45) is 6.62. The minimum absolute atomic E-state index is 0.109. The van der Waals surface area contributed by atoms with Crippen molar-refractivity contribution in [1.82, 2.24) is 24.6 Å². The topological polar surface area (TPSA) is 102 Å². The van der Waals surface area contributed by atoms with Gasteiger partial charge in [-0.3, -0.25) is 24.7 Å². The molecular weight excluding hydrogens is 420 g/mol. The summed E-state index contributed by atoms with van der Waals surface area (Å²) in [6.45, 7) is 6.39. The first-order valence-corrected chi connectivity index (χ1v) is 11.1. The summed E-state index contributed by atoms with van der Waals surface area (Å²) in [5.41, 5.74) is 2.34. The van der Waals surface area contributed by atoms with E-state index in [1.807, 2.05) is 40.1 Å². The predicted molar refractivity (Wildman–Crippen MR) is 124 cm³/mol.